The average molecular weight is 221 g/mol. The standard InChI is InChI=1S/C12H19N3O/c1-4-8(2)11(13)12(16)15-10-7-14-6-5-9(10)3/h5-8,11H,4,13H2,1-3H3,(H,15,16). The van der Waals surface area contributed by atoms with Crippen LogP contribution < -0.4 is 11.1 Å². The zero-order chi connectivity index (χ0) is 12.1. The van der Waals surface area contributed by atoms with E-state index >= 15 is 0 Å². The minimum absolute atomic E-state index is 0.148. The number of hydrogen-bond acceptors (Lipinski definition) is 3. The number of carbonyl (C=O) groups is 1. The first-order valence-electron chi connectivity index (χ1n) is 5.53. The highest BCUT2D eigenvalue weighted by molar-refractivity contribution is 5.95. The minimum atomic E-state index is -0.468. The van der Waals surface area contributed by atoms with E-state index in [-0.39, 0.29) is 11.8 Å². The van der Waals surface area contributed by atoms with Crippen LogP contribution in [-0.2, 0) is 4.79 Å². The van der Waals surface area contributed by atoms with Gasteiger partial charge in [0.15, 0.2) is 0 Å². The van der Waals surface area contributed by atoms with E-state index in [1.807, 2.05) is 26.8 Å². The zero-order valence-electron chi connectivity index (χ0n) is 10.0. The van der Waals surface area contributed by atoms with E-state index in [9.17, 15) is 4.79 Å². The maximum Gasteiger partial charge on any atom is 0.241 e. The molecule has 0 aromatic carbocycles. The highest BCUT2D eigenvalue weighted by Crippen LogP contribution is 2.13. The Labute approximate surface area is 96.3 Å². The van der Waals surface area contributed by atoms with Crippen molar-refractivity contribution in [2.45, 2.75) is 33.2 Å². The smallest absolute Gasteiger partial charge is 0.241 e. The summed E-state index contributed by atoms with van der Waals surface area (Å²) in [6.07, 6.45) is 4.22. The molecule has 1 heterocycles. The van der Waals surface area contributed by atoms with Crippen LogP contribution in [0.25, 0.3) is 0 Å². The van der Waals surface area contributed by atoms with Crippen LogP contribution in [0.2, 0.25) is 0 Å². The molecule has 0 fully saturated rings. The van der Waals surface area contributed by atoms with Crippen molar-refractivity contribution >= 4 is 11.6 Å². The number of nitrogens with two attached hydrogens (primary N) is 1. The van der Waals surface area contributed by atoms with Crippen LogP contribution in [0, 0.1) is 12.8 Å². The number of aryl methyl sites for hydroxylation is 1. The lowest BCUT2D eigenvalue weighted by molar-refractivity contribution is -0.118. The molecule has 88 valence electrons. The summed E-state index contributed by atoms with van der Waals surface area (Å²) in [4.78, 5) is 15.8. The third-order valence-electron chi connectivity index (χ3n) is 2.86. The van der Waals surface area contributed by atoms with Crippen molar-refractivity contribution < 1.29 is 4.79 Å². The number of rotatable bonds is 4. The molecule has 2 atom stereocenters. The van der Waals surface area contributed by atoms with Crippen molar-refractivity contribution in [3.8, 4) is 0 Å². The Kier molecular flexibility index (Phi) is 4.43. The van der Waals surface area contributed by atoms with Crippen molar-refractivity contribution in [1.29, 1.82) is 0 Å². The van der Waals surface area contributed by atoms with Gasteiger partial charge in [0.25, 0.3) is 0 Å². The Bertz CT molecular complexity index is 365. The molecule has 0 aliphatic carbocycles. The van der Waals surface area contributed by atoms with Crippen LogP contribution in [0.1, 0.15) is 25.8 Å². The molecule has 1 amide bonds. The molecule has 1 aromatic rings. The number of amides is 1. The molecule has 0 radical (unpaired) electrons. The SMILES string of the molecule is CCC(C)C(N)C(=O)Nc1cnccc1C. The minimum Gasteiger partial charge on any atom is -0.323 e. The molecule has 0 aliphatic heterocycles. The number of carbonyl (C=O) groups excluding carboxylic acids is 1. The molecule has 16 heavy (non-hydrogen) atoms. The van der Waals surface area contributed by atoms with Gasteiger partial charge < -0.3 is 11.1 Å². The van der Waals surface area contributed by atoms with Crippen molar-refractivity contribution in [2.75, 3.05) is 5.32 Å². The number of nitrogens with one attached hydrogen (secondary N) is 1. The van der Waals surface area contributed by atoms with E-state index in [4.69, 9.17) is 5.73 Å². The maximum atomic E-state index is 11.8. The summed E-state index contributed by atoms with van der Waals surface area (Å²) in [5.41, 5.74) is 7.55. The maximum absolute atomic E-state index is 11.8. The lowest BCUT2D eigenvalue weighted by atomic mass is 9.99. The first-order chi connectivity index (χ1) is 7.56. The Morgan fingerprint density at radius 3 is 2.88 bits per heavy atom. The Morgan fingerprint density at radius 1 is 1.62 bits per heavy atom. The fourth-order valence-corrected chi connectivity index (χ4v) is 1.32. The van der Waals surface area contributed by atoms with E-state index < -0.39 is 6.04 Å². The van der Waals surface area contributed by atoms with Gasteiger partial charge >= 0.3 is 0 Å². The fourth-order valence-electron chi connectivity index (χ4n) is 1.32. The Morgan fingerprint density at radius 2 is 2.31 bits per heavy atom. The third kappa shape index (κ3) is 3.03. The van der Waals surface area contributed by atoms with Crippen LogP contribution in [0.3, 0.4) is 0 Å². The molecular formula is C12H19N3O. The molecule has 2 unspecified atom stereocenters. The second kappa shape index (κ2) is 5.61. The second-order valence-electron chi connectivity index (χ2n) is 4.09. The first-order valence-corrected chi connectivity index (χ1v) is 5.53. The highest BCUT2D eigenvalue weighted by Gasteiger charge is 2.19. The van der Waals surface area contributed by atoms with Crippen molar-refractivity contribution in [3.05, 3.63) is 24.0 Å². The van der Waals surface area contributed by atoms with Gasteiger partial charge in [0.2, 0.25) is 5.91 Å². The van der Waals surface area contributed by atoms with E-state index in [2.05, 4.69) is 10.3 Å². The predicted octanol–water partition coefficient (Wildman–Crippen LogP) is 1.70. The predicted molar refractivity (Wildman–Crippen MR) is 65.0 cm³/mol. The normalized spacial score (nSPS) is 14.2. The van der Waals surface area contributed by atoms with Crippen LogP contribution in [0.15, 0.2) is 18.5 Å². The van der Waals surface area contributed by atoms with Crippen molar-refractivity contribution in [1.82, 2.24) is 4.98 Å². The third-order valence-corrected chi connectivity index (χ3v) is 2.86. The molecule has 0 bridgehead atoms. The lowest BCUT2D eigenvalue weighted by Crippen LogP contribution is -2.40. The number of aromatic nitrogens is 1. The summed E-state index contributed by atoms with van der Waals surface area (Å²) in [5.74, 6) is 0.0300. The molecule has 1 aromatic heterocycles. The quantitative estimate of drug-likeness (QED) is 0.813. The summed E-state index contributed by atoms with van der Waals surface area (Å²) < 4.78 is 0. The van der Waals surface area contributed by atoms with Crippen LogP contribution >= 0.6 is 0 Å². The topological polar surface area (TPSA) is 68.0 Å². The van der Waals surface area contributed by atoms with Gasteiger partial charge in [0.1, 0.15) is 0 Å². The van der Waals surface area contributed by atoms with Gasteiger partial charge in [0.05, 0.1) is 17.9 Å². The molecule has 0 aliphatic rings. The summed E-state index contributed by atoms with van der Waals surface area (Å²) in [5, 5.41) is 2.80. The fraction of sp³-hybridized carbons (Fsp3) is 0.500. The van der Waals surface area contributed by atoms with Crippen LogP contribution in [-0.4, -0.2) is 16.9 Å². The van der Waals surface area contributed by atoms with E-state index in [0.29, 0.717) is 0 Å². The van der Waals surface area contributed by atoms with Crippen molar-refractivity contribution in [3.63, 3.8) is 0 Å². The second-order valence-corrected chi connectivity index (χ2v) is 4.09. The molecule has 4 nitrogen and oxygen atoms in total. The summed E-state index contributed by atoms with van der Waals surface area (Å²) in [6, 6.07) is 1.38. The molecule has 0 spiro atoms. The van der Waals surface area contributed by atoms with Gasteiger partial charge in [-0.25, -0.2) is 0 Å². The van der Waals surface area contributed by atoms with Gasteiger partial charge in [-0.3, -0.25) is 9.78 Å². The molecule has 1 rings (SSSR count). The largest absolute Gasteiger partial charge is 0.323 e. The molecule has 0 saturated carbocycles. The Balaban J connectivity index is 2.68. The average Bonchev–Trinajstić information content (AvgIpc) is 2.30. The highest BCUT2D eigenvalue weighted by atomic mass is 16.2. The zero-order valence-corrected chi connectivity index (χ0v) is 10.0. The van der Waals surface area contributed by atoms with Gasteiger partial charge in [-0.1, -0.05) is 20.3 Å². The molecule has 4 heteroatoms. The first kappa shape index (κ1) is 12.6. The van der Waals surface area contributed by atoms with E-state index in [1.165, 1.54) is 0 Å². The number of pyridine rings is 1. The summed E-state index contributed by atoms with van der Waals surface area (Å²) in [6.45, 7) is 5.92. The number of anilines is 1. The van der Waals surface area contributed by atoms with E-state index in [1.54, 1.807) is 12.4 Å². The molecular weight excluding hydrogens is 202 g/mol. The monoisotopic (exact) mass is 221 g/mol. The summed E-state index contributed by atoms with van der Waals surface area (Å²) >= 11 is 0. The van der Waals surface area contributed by atoms with Crippen LogP contribution in [0.5, 0.6) is 0 Å². The van der Waals surface area contributed by atoms with Gasteiger partial charge in [-0.2, -0.15) is 0 Å². The summed E-state index contributed by atoms with van der Waals surface area (Å²) in [7, 11) is 0. The lowest BCUT2D eigenvalue weighted by Gasteiger charge is -2.18. The van der Waals surface area contributed by atoms with Gasteiger partial charge in [0, 0.05) is 6.20 Å². The molecule has 3 N–H and O–H groups in total. The number of nitrogens with zero attached hydrogens (tertiary/aromatic N) is 1. The van der Waals surface area contributed by atoms with Crippen molar-refractivity contribution in [2.24, 2.45) is 11.7 Å². The number of hydrogen-bond donors (Lipinski definition) is 2. The van der Waals surface area contributed by atoms with Crippen LogP contribution in [0.4, 0.5) is 5.69 Å². The van der Waals surface area contributed by atoms with E-state index in [0.717, 1.165) is 17.7 Å². The van der Waals surface area contributed by atoms with Gasteiger partial charge in [-0.15, -0.1) is 0 Å². The molecule has 0 saturated heterocycles. The Hall–Kier alpha value is -1.42. The van der Waals surface area contributed by atoms with Gasteiger partial charge in [-0.05, 0) is 24.5 Å².